The van der Waals surface area contributed by atoms with Crippen molar-refractivity contribution < 1.29 is 14.7 Å². The van der Waals surface area contributed by atoms with Crippen molar-refractivity contribution in [3.8, 4) is 5.75 Å². The number of nitrogens with zero attached hydrogens (tertiary/aromatic N) is 1. The summed E-state index contributed by atoms with van der Waals surface area (Å²) in [5.74, 6) is 0.654. The van der Waals surface area contributed by atoms with Gasteiger partial charge in [-0.2, -0.15) is 0 Å². The largest absolute Gasteiger partial charge is 0.508 e. The molecule has 1 aromatic rings. The molecule has 0 aromatic heterocycles. The van der Waals surface area contributed by atoms with E-state index < -0.39 is 5.92 Å². The number of alkyl halides is 2. The van der Waals surface area contributed by atoms with Gasteiger partial charge in [0.05, 0.1) is 5.92 Å². The lowest BCUT2D eigenvalue weighted by atomic mass is 9.69. The lowest BCUT2D eigenvalue weighted by Gasteiger charge is -2.43. The minimum Gasteiger partial charge on any atom is -0.508 e. The Kier molecular flexibility index (Phi) is 8.16. The van der Waals surface area contributed by atoms with E-state index in [0.717, 1.165) is 24.8 Å². The Bertz CT molecular complexity index is 710. The molecule has 158 valence electrons. The topological polar surface area (TPSA) is 57.6 Å². The van der Waals surface area contributed by atoms with Gasteiger partial charge in [0.15, 0.2) is 0 Å². The van der Waals surface area contributed by atoms with E-state index in [1.54, 1.807) is 24.3 Å². The molecular formula is C23H29Cl2NO3. The number of ketones is 2. The molecule has 0 aliphatic heterocycles. The fraction of sp³-hybridized carbons (Fsp3) is 0.565. The summed E-state index contributed by atoms with van der Waals surface area (Å²) < 4.78 is 0. The molecule has 1 fully saturated rings. The molecule has 0 radical (unpaired) electrons. The van der Waals surface area contributed by atoms with Crippen molar-refractivity contribution in [3.63, 3.8) is 0 Å². The lowest BCUT2D eigenvalue weighted by molar-refractivity contribution is -0.140. The number of benzene rings is 1. The number of carbonyl (C=O) groups excluding carboxylic acids is 2. The van der Waals surface area contributed by atoms with Gasteiger partial charge < -0.3 is 5.11 Å². The Labute approximate surface area is 182 Å². The third-order valence-corrected chi connectivity index (χ3v) is 6.59. The van der Waals surface area contributed by atoms with Crippen LogP contribution in [-0.4, -0.2) is 52.5 Å². The van der Waals surface area contributed by atoms with E-state index in [9.17, 15) is 14.7 Å². The third kappa shape index (κ3) is 5.42. The molecule has 1 N–H and O–H groups in total. The highest BCUT2D eigenvalue weighted by molar-refractivity contribution is 6.18. The van der Waals surface area contributed by atoms with Gasteiger partial charge in [-0.1, -0.05) is 24.3 Å². The van der Waals surface area contributed by atoms with Crippen molar-refractivity contribution in [2.45, 2.75) is 44.1 Å². The summed E-state index contributed by atoms with van der Waals surface area (Å²) in [5, 5.41) is 9.51. The van der Waals surface area contributed by atoms with Crippen molar-refractivity contribution in [1.82, 2.24) is 4.90 Å². The maximum atomic E-state index is 13.3. The molecule has 0 amide bonds. The minimum atomic E-state index is -0.605. The molecule has 0 spiro atoms. The Morgan fingerprint density at radius 1 is 1.00 bits per heavy atom. The number of phenolic OH excluding ortho intramolecular Hbond substituents is 1. The number of phenols is 1. The van der Waals surface area contributed by atoms with Crippen molar-refractivity contribution in [2.24, 2.45) is 11.8 Å². The van der Waals surface area contributed by atoms with Crippen LogP contribution in [0, 0.1) is 11.8 Å². The van der Waals surface area contributed by atoms with Crippen molar-refractivity contribution in [3.05, 3.63) is 42.0 Å². The zero-order chi connectivity index (χ0) is 20.8. The van der Waals surface area contributed by atoms with Gasteiger partial charge in [0, 0.05) is 43.7 Å². The molecule has 4 nitrogen and oxygen atoms in total. The molecule has 1 aromatic carbocycles. The van der Waals surface area contributed by atoms with Gasteiger partial charge in [-0.3, -0.25) is 14.5 Å². The van der Waals surface area contributed by atoms with E-state index in [0.29, 0.717) is 37.7 Å². The van der Waals surface area contributed by atoms with Gasteiger partial charge in [-0.25, -0.2) is 0 Å². The molecule has 2 aliphatic carbocycles. The quantitative estimate of drug-likeness (QED) is 0.368. The normalized spacial score (nSPS) is 26.1. The Balaban J connectivity index is 1.85. The molecule has 29 heavy (non-hydrogen) atoms. The lowest BCUT2D eigenvalue weighted by Crippen LogP contribution is -2.54. The number of carbonyl (C=O) groups is 2. The van der Waals surface area contributed by atoms with E-state index in [2.05, 4.69) is 17.1 Å². The van der Waals surface area contributed by atoms with Crippen LogP contribution in [0.4, 0.5) is 0 Å². The molecule has 0 bridgehead atoms. The van der Waals surface area contributed by atoms with Crippen molar-refractivity contribution >= 4 is 34.8 Å². The number of allylic oxidation sites excluding steroid dienone is 2. The Morgan fingerprint density at radius 2 is 1.62 bits per heavy atom. The van der Waals surface area contributed by atoms with Gasteiger partial charge in [-0.15, -0.1) is 23.2 Å². The van der Waals surface area contributed by atoms with Crippen LogP contribution >= 0.6 is 23.2 Å². The van der Waals surface area contributed by atoms with Crippen LogP contribution in [0.2, 0.25) is 0 Å². The number of halogens is 2. The highest BCUT2D eigenvalue weighted by Crippen LogP contribution is 2.39. The highest BCUT2D eigenvalue weighted by atomic mass is 35.5. The van der Waals surface area contributed by atoms with Gasteiger partial charge in [0.25, 0.3) is 0 Å². The van der Waals surface area contributed by atoms with Crippen molar-refractivity contribution in [2.75, 3.05) is 24.8 Å². The summed E-state index contributed by atoms with van der Waals surface area (Å²) in [6.07, 6.45) is 7.88. The minimum absolute atomic E-state index is 0.0213. The predicted molar refractivity (Wildman–Crippen MR) is 117 cm³/mol. The first kappa shape index (κ1) is 22.3. The van der Waals surface area contributed by atoms with Crippen LogP contribution in [0.15, 0.2) is 36.4 Å². The molecular weight excluding hydrogens is 409 g/mol. The van der Waals surface area contributed by atoms with Gasteiger partial charge in [-0.05, 0) is 48.8 Å². The molecule has 3 rings (SSSR count). The van der Waals surface area contributed by atoms with Crippen LogP contribution in [0.25, 0.3) is 0 Å². The van der Waals surface area contributed by atoms with E-state index in [-0.39, 0.29) is 35.2 Å². The average molecular weight is 438 g/mol. The molecule has 0 saturated heterocycles. The van der Waals surface area contributed by atoms with Crippen LogP contribution in [0.5, 0.6) is 5.75 Å². The second kappa shape index (κ2) is 10.6. The highest BCUT2D eigenvalue weighted by Gasteiger charge is 2.45. The smallest absolute Gasteiger partial charge is 0.145 e. The number of hydrogen-bond acceptors (Lipinski definition) is 4. The zero-order valence-corrected chi connectivity index (χ0v) is 18.1. The summed E-state index contributed by atoms with van der Waals surface area (Å²) >= 11 is 12.1. The summed E-state index contributed by atoms with van der Waals surface area (Å²) in [5.41, 5.74) is 0.929. The first-order valence-corrected chi connectivity index (χ1v) is 11.5. The average Bonchev–Trinajstić information content (AvgIpc) is 2.72. The van der Waals surface area contributed by atoms with Crippen LogP contribution in [0.1, 0.15) is 43.6 Å². The fourth-order valence-corrected chi connectivity index (χ4v) is 5.32. The summed E-state index contributed by atoms with van der Waals surface area (Å²) in [6.45, 7) is 1.25. The van der Waals surface area contributed by atoms with Crippen molar-refractivity contribution in [1.29, 1.82) is 0 Å². The Morgan fingerprint density at radius 3 is 2.14 bits per heavy atom. The SMILES string of the molecule is O=C1CC(c2ccc(O)cc2)CC(=O)C1[C@@H]([C@@H]1CC=CCC1)N(CCCl)CCCl. The third-order valence-electron chi connectivity index (χ3n) is 6.25. The monoisotopic (exact) mass is 437 g/mol. The second-order valence-electron chi connectivity index (χ2n) is 8.06. The summed E-state index contributed by atoms with van der Waals surface area (Å²) in [6, 6.07) is 6.68. The maximum Gasteiger partial charge on any atom is 0.145 e. The molecule has 0 unspecified atom stereocenters. The van der Waals surface area contributed by atoms with E-state index in [1.165, 1.54) is 0 Å². The summed E-state index contributed by atoms with van der Waals surface area (Å²) in [4.78, 5) is 28.7. The van der Waals surface area contributed by atoms with E-state index >= 15 is 0 Å². The first-order valence-electron chi connectivity index (χ1n) is 10.4. The number of hydrogen-bond donors (Lipinski definition) is 1. The fourth-order valence-electron chi connectivity index (χ4n) is 4.89. The molecule has 2 aliphatic rings. The standard InChI is InChI=1S/C23H29Cl2NO3/c24-10-12-26(13-11-25)23(17-4-2-1-3-5-17)22-20(28)14-18(15-21(22)29)16-6-8-19(27)9-7-16/h1-2,6-9,17-18,22-23,27H,3-5,10-15H2/t17-,18?,22?,23-/m1/s1. The predicted octanol–water partition coefficient (Wildman–Crippen LogP) is 4.53. The van der Waals surface area contributed by atoms with E-state index in [4.69, 9.17) is 23.2 Å². The number of rotatable bonds is 8. The first-order chi connectivity index (χ1) is 14.0. The molecule has 0 heterocycles. The summed E-state index contributed by atoms with van der Waals surface area (Å²) in [7, 11) is 0. The number of Topliss-reactive ketones (excluding diaryl/α,β-unsaturated/α-hetero) is 2. The van der Waals surface area contributed by atoms with E-state index in [1.807, 2.05) is 0 Å². The molecule has 6 heteroatoms. The van der Waals surface area contributed by atoms with Gasteiger partial charge >= 0.3 is 0 Å². The number of aromatic hydroxyl groups is 1. The van der Waals surface area contributed by atoms with Gasteiger partial charge in [0.2, 0.25) is 0 Å². The van der Waals surface area contributed by atoms with Crippen LogP contribution in [-0.2, 0) is 9.59 Å². The molecule has 1 saturated carbocycles. The van der Waals surface area contributed by atoms with Crippen LogP contribution < -0.4 is 0 Å². The van der Waals surface area contributed by atoms with Gasteiger partial charge in [0.1, 0.15) is 17.3 Å². The molecule has 2 atom stereocenters. The Hall–Kier alpha value is -1.36. The van der Waals surface area contributed by atoms with Crippen LogP contribution in [0.3, 0.4) is 0 Å². The zero-order valence-electron chi connectivity index (χ0n) is 16.6. The maximum absolute atomic E-state index is 13.3. The second-order valence-corrected chi connectivity index (χ2v) is 8.81.